The van der Waals surface area contributed by atoms with Crippen molar-refractivity contribution in [2.45, 2.75) is 77.4 Å². The number of rotatable bonds is 9. The number of carbonyl (C=O) groups excluding carboxylic acids is 1. The molecule has 0 spiro atoms. The lowest BCUT2D eigenvalue weighted by molar-refractivity contribution is -0.161. The summed E-state index contributed by atoms with van der Waals surface area (Å²) in [7, 11) is -2.07. The maximum absolute atomic E-state index is 13.3. The third kappa shape index (κ3) is 7.10. The zero-order chi connectivity index (χ0) is 30.8. The Balaban J connectivity index is 1.48. The maximum atomic E-state index is 13.3. The smallest absolute Gasteiger partial charge is 0.251 e. The Kier molecular flexibility index (Phi) is 9.53. The average Bonchev–Trinajstić information content (AvgIpc) is 3.29. The number of carbonyl (C=O) groups is 1. The molecule has 2 aliphatic heterocycles. The number of nitrogens with one attached hydrogen (secondary N) is 1. The van der Waals surface area contributed by atoms with Gasteiger partial charge in [0.05, 0.1) is 24.6 Å². The van der Waals surface area contributed by atoms with Gasteiger partial charge in [0.25, 0.3) is 5.91 Å². The Labute approximate surface area is 260 Å². The molecule has 2 atom stereocenters. The first-order chi connectivity index (χ1) is 20.4. The third-order valence-electron chi connectivity index (χ3n) is 8.54. The predicted molar refractivity (Wildman–Crippen MR) is 171 cm³/mol. The number of halogens is 1. The Bertz CT molecular complexity index is 1480. The molecule has 3 heterocycles. The second-order valence-electron chi connectivity index (χ2n) is 12.7. The highest BCUT2D eigenvalue weighted by molar-refractivity contribution is 6.74. The molecule has 0 aliphatic carbocycles. The van der Waals surface area contributed by atoms with Crippen molar-refractivity contribution in [3.8, 4) is 5.69 Å². The van der Waals surface area contributed by atoms with Gasteiger partial charge in [-0.15, -0.1) is 10.2 Å². The molecule has 1 N–H and O–H groups in total. The summed E-state index contributed by atoms with van der Waals surface area (Å²) in [6.45, 7) is 14.9. The highest BCUT2D eigenvalue weighted by Crippen LogP contribution is 2.38. The maximum Gasteiger partial charge on any atom is 0.251 e. The van der Waals surface area contributed by atoms with Crippen LogP contribution in [0.2, 0.25) is 23.2 Å². The first-order valence-corrected chi connectivity index (χ1v) is 18.3. The monoisotopic (exact) mass is 623 g/mol. The van der Waals surface area contributed by atoms with Crippen LogP contribution in [0, 0.1) is 6.92 Å². The van der Waals surface area contributed by atoms with Crippen LogP contribution in [0.1, 0.15) is 79.2 Å². The van der Waals surface area contributed by atoms with Crippen molar-refractivity contribution in [1.82, 2.24) is 20.1 Å². The number of aromatic nitrogens is 3. The van der Waals surface area contributed by atoms with E-state index in [0.717, 1.165) is 54.2 Å². The van der Waals surface area contributed by atoms with Crippen LogP contribution in [-0.2, 0) is 13.9 Å². The summed E-state index contributed by atoms with van der Waals surface area (Å²) >= 11 is 6.26. The van der Waals surface area contributed by atoms with E-state index in [1.807, 2.05) is 54.0 Å². The molecule has 9 nitrogen and oxygen atoms in total. The van der Waals surface area contributed by atoms with Crippen LogP contribution in [0.4, 0.5) is 0 Å². The zero-order valence-corrected chi connectivity index (χ0v) is 27.7. The highest BCUT2D eigenvalue weighted by atomic mass is 35.5. The molecule has 1 aromatic heterocycles. The number of hydrogen-bond donors (Lipinski definition) is 1. The van der Waals surface area contributed by atoms with Gasteiger partial charge in [0, 0.05) is 34.9 Å². The second kappa shape index (κ2) is 13.0. The Morgan fingerprint density at radius 3 is 2.60 bits per heavy atom. The standard InChI is InChI=1S/C32H42ClN5O4Si/c1-21-36-37-30-26(20-42-43(5,6)32(2,3)4)35-29(22-10-13-24(33)14-11-22)25-19-23(12-15-27(25)38(21)30)31(39)34-16-18-41-28-9-7-8-17-40-28/h10-15,19,26,28H,7-9,16-18,20H2,1-6H3,(H,34,39)/t26-,28?/m0/s1. The molecular weight excluding hydrogens is 582 g/mol. The molecule has 230 valence electrons. The van der Waals surface area contributed by atoms with Crippen molar-refractivity contribution < 1.29 is 18.7 Å². The fourth-order valence-electron chi connectivity index (χ4n) is 4.99. The lowest BCUT2D eigenvalue weighted by Crippen LogP contribution is -2.41. The molecule has 0 radical (unpaired) electrons. The second-order valence-corrected chi connectivity index (χ2v) is 17.9. The molecule has 2 aromatic carbocycles. The minimum Gasteiger partial charge on any atom is -0.414 e. The fourth-order valence-corrected chi connectivity index (χ4v) is 6.12. The molecular formula is C32H42ClN5O4Si. The van der Waals surface area contributed by atoms with E-state index in [9.17, 15) is 4.79 Å². The van der Waals surface area contributed by atoms with Crippen LogP contribution in [-0.4, -0.2) is 67.4 Å². The predicted octanol–water partition coefficient (Wildman–Crippen LogP) is 6.42. The van der Waals surface area contributed by atoms with Crippen molar-refractivity contribution in [2.24, 2.45) is 4.99 Å². The van der Waals surface area contributed by atoms with Gasteiger partial charge in [-0.2, -0.15) is 0 Å². The van der Waals surface area contributed by atoms with E-state index in [2.05, 4.69) is 49.4 Å². The van der Waals surface area contributed by atoms with E-state index in [1.165, 1.54) is 0 Å². The molecule has 1 unspecified atom stereocenters. The van der Waals surface area contributed by atoms with Crippen molar-refractivity contribution in [3.63, 3.8) is 0 Å². The van der Waals surface area contributed by atoms with Gasteiger partial charge >= 0.3 is 0 Å². The molecule has 2 aliphatic rings. The van der Waals surface area contributed by atoms with Crippen molar-refractivity contribution in [1.29, 1.82) is 0 Å². The quantitative estimate of drug-likeness (QED) is 0.218. The Morgan fingerprint density at radius 2 is 1.91 bits per heavy atom. The van der Waals surface area contributed by atoms with Crippen LogP contribution >= 0.6 is 11.6 Å². The van der Waals surface area contributed by atoms with Gasteiger partial charge in [-0.3, -0.25) is 14.4 Å². The molecule has 0 saturated carbocycles. The Morgan fingerprint density at radius 1 is 1.14 bits per heavy atom. The van der Waals surface area contributed by atoms with Gasteiger partial charge in [0.1, 0.15) is 11.9 Å². The van der Waals surface area contributed by atoms with Crippen molar-refractivity contribution >= 4 is 31.5 Å². The highest BCUT2D eigenvalue weighted by Gasteiger charge is 2.39. The van der Waals surface area contributed by atoms with Crippen LogP contribution in [0.3, 0.4) is 0 Å². The number of fused-ring (bicyclic) bond motifs is 3. The third-order valence-corrected chi connectivity index (χ3v) is 13.3. The number of amides is 1. The number of aryl methyl sites for hydroxylation is 1. The summed E-state index contributed by atoms with van der Waals surface area (Å²) in [5.74, 6) is 1.26. The summed E-state index contributed by atoms with van der Waals surface area (Å²) in [4.78, 5) is 18.6. The number of ether oxygens (including phenoxy) is 2. The molecule has 5 rings (SSSR count). The van der Waals surface area contributed by atoms with E-state index in [4.69, 9.17) is 30.5 Å². The summed E-state index contributed by atoms with van der Waals surface area (Å²) in [5, 5.41) is 12.6. The van der Waals surface area contributed by atoms with E-state index < -0.39 is 14.4 Å². The minimum absolute atomic E-state index is 0.0454. The van der Waals surface area contributed by atoms with Gasteiger partial charge in [-0.05, 0) is 74.7 Å². The molecule has 1 saturated heterocycles. The molecule has 43 heavy (non-hydrogen) atoms. The van der Waals surface area contributed by atoms with E-state index >= 15 is 0 Å². The van der Waals surface area contributed by atoms with E-state index in [1.54, 1.807) is 0 Å². The number of benzene rings is 2. The Hall–Kier alpha value is -2.89. The van der Waals surface area contributed by atoms with Gasteiger partial charge in [-0.25, -0.2) is 0 Å². The lowest BCUT2D eigenvalue weighted by Gasteiger charge is -2.36. The number of hydrogen-bond acceptors (Lipinski definition) is 7. The van der Waals surface area contributed by atoms with Crippen LogP contribution in [0.5, 0.6) is 0 Å². The molecule has 1 fully saturated rings. The largest absolute Gasteiger partial charge is 0.414 e. The van der Waals surface area contributed by atoms with Crippen molar-refractivity contribution in [3.05, 3.63) is 75.8 Å². The van der Waals surface area contributed by atoms with Gasteiger partial charge in [0.15, 0.2) is 20.4 Å². The number of aliphatic imine (C=N–C) groups is 1. The van der Waals surface area contributed by atoms with Crippen LogP contribution in [0.15, 0.2) is 47.5 Å². The first kappa shape index (κ1) is 31.5. The summed E-state index contributed by atoms with van der Waals surface area (Å²) in [6, 6.07) is 12.9. The fraction of sp³-hybridized carbons (Fsp3) is 0.500. The minimum atomic E-state index is -2.07. The van der Waals surface area contributed by atoms with E-state index in [-0.39, 0.29) is 17.2 Å². The van der Waals surface area contributed by atoms with Gasteiger partial charge in [-0.1, -0.05) is 44.5 Å². The molecule has 11 heteroatoms. The van der Waals surface area contributed by atoms with Crippen LogP contribution in [0.25, 0.3) is 5.69 Å². The zero-order valence-electron chi connectivity index (χ0n) is 25.9. The lowest BCUT2D eigenvalue weighted by atomic mass is 9.98. The normalized spacial score (nSPS) is 18.8. The SMILES string of the molecule is Cc1nnc2n1-c1ccc(C(=O)NCCOC3CCCCO3)cc1C(c1ccc(Cl)cc1)=N[C@H]2CO[Si](C)(C)C(C)(C)C. The number of nitrogens with zero attached hydrogens (tertiary/aromatic N) is 4. The first-order valence-electron chi connectivity index (χ1n) is 15.0. The van der Waals surface area contributed by atoms with Crippen LogP contribution < -0.4 is 5.32 Å². The van der Waals surface area contributed by atoms with Gasteiger partial charge in [0.2, 0.25) is 0 Å². The summed E-state index contributed by atoms with van der Waals surface area (Å²) < 4.78 is 20.1. The van der Waals surface area contributed by atoms with Crippen molar-refractivity contribution in [2.75, 3.05) is 26.4 Å². The molecule has 0 bridgehead atoms. The topological polar surface area (TPSA) is 99.9 Å². The average molecular weight is 624 g/mol. The molecule has 1 amide bonds. The summed E-state index contributed by atoms with van der Waals surface area (Å²) in [6.07, 6.45) is 2.86. The van der Waals surface area contributed by atoms with Gasteiger partial charge < -0.3 is 19.2 Å². The summed E-state index contributed by atoms with van der Waals surface area (Å²) in [5.41, 5.74) is 3.82. The molecule has 3 aromatic rings. The van der Waals surface area contributed by atoms with E-state index in [0.29, 0.717) is 36.2 Å².